The Morgan fingerprint density at radius 1 is 1.41 bits per heavy atom. The Hall–Kier alpha value is -1.26. The lowest BCUT2D eigenvalue weighted by Crippen LogP contribution is -2.27. The van der Waals surface area contributed by atoms with E-state index in [-0.39, 0.29) is 5.41 Å². The number of rotatable bonds is 3. The molecule has 0 unspecified atom stereocenters. The van der Waals surface area contributed by atoms with Crippen molar-refractivity contribution in [2.45, 2.75) is 46.1 Å². The van der Waals surface area contributed by atoms with Crippen LogP contribution in [-0.4, -0.2) is 18.2 Å². The summed E-state index contributed by atoms with van der Waals surface area (Å²) < 4.78 is 5.23. The van der Waals surface area contributed by atoms with Gasteiger partial charge in [0.1, 0.15) is 5.60 Å². The highest BCUT2D eigenvalue weighted by atomic mass is 35.5. The van der Waals surface area contributed by atoms with Crippen molar-refractivity contribution in [3.63, 3.8) is 0 Å². The van der Waals surface area contributed by atoms with E-state index in [2.05, 4.69) is 19.2 Å². The van der Waals surface area contributed by atoms with Gasteiger partial charge in [0.05, 0.1) is 0 Å². The molecule has 2 rings (SSSR count). The zero-order valence-electron chi connectivity index (χ0n) is 13.9. The third-order valence-corrected chi connectivity index (χ3v) is 4.61. The normalized spacial score (nSPS) is 23.0. The largest absolute Gasteiger partial charge is 0.444 e. The summed E-state index contributed by atoms with van der Waals surface area (Å²) in [7, 11) is 0. The summed E-state index contributed by atoms with van der Waals surface area (Å²) in [5, 5.41) is 3.36. The Kier molecular flexibility index (Phi) is 4.46. The van der Waals surface area contributed by atoms with Crippen molar-refractivity contribution >= 4 is 23.4 Å². The Morgan fingerprint density at radius 3 is 2.50 bits per heavy atom. The van der Waals surface area contributed by atoms with Crippen LogP contribution >= 0.6 is 11.6 Å². The molecule has 0 saturated heterocycles. The number of carbonyl (C=O) groups excluding carboxylic acids is 1. The molecule has 5 heteroatoms. The first-order chi connectivity index (χ1) is 10.1. The lowest BCUT2D eigenvalue weighted by Gasteiger charge is -2.20. The molecule has 2 atom stereocenters. The summed E-state index contributed by atoms with van der Waals surface area (Å²) >= 11 is 6.40. The van der Waals surface area contributed by atoms with E-state index in [9.17, 15) is 4.79 Å². The molecule has 0 aliphatic heterocycles. The highest BCUT2D eigenvalue weighted by Gasteiger charge is 2.57. The van der Waals surface area contributed by atoms with Crippen LogP contribution in [0.15, 0.2) is 18.2 Å². The molecule has 0 bridgehead atoms. The number of hydrogen-bond donors (Lipinski definition) is 2. The Balaban J connectivity index is 2.10. The summed E-state index contributed by atoms with van der Waals surface area (Å²) in [6.45, 7) is 10.5. The maximum absolute atomic E-state index is 11.8. The van der Waals surface area contributed by atoms with Gasteiger partial charge in [-0.15, -0.1) is 0 Å². The molecule has 0 aromatic heterocycles. The van der Waals surface area contributed by atoms with E-state index < -0.39 is 11.7 Å². The molecule has 0 spiro atoms. The lowest BCUT2D eigenvalue weighted by molar-refractivity contribution is 0.0636. The summed E-state index contributed by atoms with van der Waals surface area (Å²) in [4.78, 5) is 11.8. The molecule has 122 valence electrons. The van der Waals surface area contributed by atoms with Crippen molar-refractivity contribution in [3.05, 3.63) is 28.8 Å². The molecule has 0 heterocycles. The Bertz CT molecular complexity index is 579. The first-order valence-corrected chi connectivity index (χ1v) is 7.93. The minimum atomic E-state index is -0.528. The predicted molar refractivity (Wildman–Crippen MR) is 90.4 cm³/mol. The molecule has 0 radical (unpaired) electrons. The van der Waals surface area contributed by atoms with Gasteiger partial charge in [0, 0.05) is 10.7 Å². The van der Waals surface area contributed by atoms with Crippen LogP contribution in [0.4, 0.5) is 10.5 Å². The van der Waals surface area contributed by atoms with Gasteiger partial charge in [-0.3, -0.25) is 5.32 Å². The third-order valence-electron chi connectivity index (χ3n) is 4.29. The number of ether oxygens (including phenoxy) is 1. The second-order valence-electron chi connectivity index (χ2n) is 7.50. The minimum Gasteiger partial charge on any atom is -0.444 e. The molecular formula is C17H25ClN2O2. The Morgan fingerprint density at radius 2 is 2.05 bits per heavy atom. The fourth-order valence-corrected chi connectivity index (χ4v) is 3.38. The molecule has 1 aromatic rings. The van der Waals surface area contributed by atoms with Gasteiger partial charge in [0.25, 0.3) is 0 Å². The van der Waals surface area contributed by atoms with Crippen molar-refractivity contribution in [2.24, 2.45) is 17.1 Å². The van der Waals surface area contributed by atoms with Crippen LogP contribution in [-0.2, 0) is 4.74 Å². The predicted octanol–water partition coefficient (Wildman–Crippen LogP) is 4.39. The molecular weight excluding hydrogens is 300 g/mol. The van der Waals surface area contributed by atoms with Crippen LogP contribution in [0.1, 0.15) is 46.1 Å². The van der Waals surface area contributed by atoms with E-state index in [1.165, 1.54) is 0 Å². The van der Waals surface area contributed by atoms with Gasteiger partial charge in [-0.05, 0) is 62.3 Å². The summed E-state index contributed by atoms with van der Waals surface area (Å²) in [5.74, 6) is 0.829. The highest BCUT2D eigenvalue weighted by molar-refractivity contribution is 6.31. The molecule has 1 amide bonds. The van der Waals surface area contributed by atoms with Gasteiger partial charge >= 0.3 is 6.09 Å². The fourth-order valence-electron chi connectivity index (χ4n) is 3.08. The number of carbonyl (C=O) groups is 1. The second kappa shape index (κ2) is 5.74. The van der Waals surface area contributed by atoms with E-state index in [0.29, 0.717) is 29.1 Å². The number of nitrogens with two attached hydrogens (primary N) is 1. The van der Waals surface area contributed by atoms with Crippen molar-refractivity contribution < 1.29 is 9.53 Å². The molecule has 3 N–H and O–H groups in total. The van der Waals surface area contributed by atoms with Gasteiger partial charge in [-0.2, -0.15) is 0 Å². The summed E-state index contributed by atoms with van der Waals surface area (Å²) in [6, 6.07) is 5.59. The first-order valence-electron chi connectivity index (χ1n) is 7.56. The van der Waals surface area contributed by atoms with Crippen molar-refractivity contribution in [3.8, 4) is 0 Å². The maximum atomic E-state index is 11.8. The lowest BCUT2D eigenvalue weighted by atomic mass is 10.0. The van der Waals surface area contributed by atoms with E-state index in [0.717, 1.165) is 5.56 Å². The van der Waals surface area contributed by atoms with E-state index >= 15 is 0 Å². The van der Waals surface area contributed by atoms with E-state index in [1.54, 1.807) is 6.07 Å². The molecule has 22 heavy (non-hydrogen) atoms. The fraction of sp³-hybridized carbons (Fsp3) is 0.588. The second-order valence-corrected chi connectivity index (χ2v) is 7.91. The summed E-state index contributed by atoms with van der Waals surface area (Å²) in [5.41, 5.74) is 7.20. The van der Waals surface area contributed by atoms with E-state index in [4.69, 9.17) is 22.1 Å². The van der Waals surface area contributed by atoms with Crippen LogP contribution in [0, 0.1) is 11.3 Å². The molecule has 1 aromatic carbocycles. The number of nitrogens with one attached hydrogen (secondary N) is 1. The molecule has 1 fully saturated rings. The van der Waals surface area contributed by atoms with Crippen LogP contribution in [0.5, 0.6) is 0 Å². The van der Waals surface area contributed by atoms with Crippen molar-refractivity contribution in [1.82, 2.24) is 0 Å². The average molecular weight is 325 g/mol. The maximum Gasteiger partial charge on any atom is 0.412 e. The zero-order valence-corrected chi connectivity index (χ0v) is 14.6. The van der Waals surface area contributed by atoms with Gasteiger partial charge in [0.2, 0.25) is 0 Å². The first kappa shape index (κ1) is 17.1. The van der Waals surface area contributed by atoms with Gasteiger partial charge in [-0.25, -0.2) is 4.79 Å². The van der Waals surface area contributed by atoms with Gasteiger partial charge in [0.15, 0.2) is 0 Å². The average Bonchev–Trinajstić information content (AvgIpc) is 2.88. The smallest absolute Gasteiger partial charge is 0.412 e. The minimum absolute atomic E-state index is 0.179. The summed E-state index contributed by atoms with van der Waals surface area (Å²) in [6.07, 6.45) is -0.483. The van der Waals surface area contributed by atoms with Gasteiger partial charge < -0.3 is 10.5 Å². The topological polar surface area (TPSA) is 64.3 Å². The van der Waals surface area contributed by atoms with Crippen LogP contribution in [0.2, 0.25) is 5.02 Å². The number of amides is 1. The number of benzene rings is 1. The molecule has 4 nitrogen and oxygen atoms in total. The van der Waals surface area contributed by atoms with E-state index in [1.807, 2.05) is 32.9 Å². The van der Waals surface area contributed by atoms with Gasteiger partial charge in [-0.1, -0.05) is 31.5 Å². The number of hydrogen-bond acceptors (Lipinski definition) is 3. The van der Waals surface area contributed by atoms with Crippen LogP contribution in [0.3, 0.4) is 0 Å². The molecule has 1 aliphatic rings. The van der Waals surface area contributed by atoms with Crippen LogP contribution in [0.25, 0.3) is 0 Å². The number of anilines is 1. The third kappa shape index (κ3) is 3.55. The molecule has 1 aliphatic carbocycles. The quantitative estimate of drug-likeness (QED) is 0.866. The zero-order chi connectivity index (χ0) is 16.7. The monoisotopic (exact) mass is 324 g/mol. The molecule has 1 saturated carbocycles. The SMILES string of the molecule is CC(C)(C)OC(=O)Nc1ccc([C@@H]2[C@@H](CN)C2(C)C)c(Cl)c1. The highest BCUT2D eigenvalue weighted by Crippen LogP contribution is 2.64. The Labute approximate surface area is 137 Å². The number of halogens is 1. The van der Waals surface area contributed by atoms with Crippen molar-refractivity contribution in [1.29, 1.82) is 0 Å². The standard InChI is InChI=1S/C17H25ClN2O2/c1-16(2,3)22-15(21)20-10-6-7-11(13(18)8-10)14-12(9-19)17(14,4)5/h6-8,12,14H,9,19H2,1-5H3,(H,20,21)/t12-,14-/m1/s1. The van der Waals surface area contributed by atoms with Crippen molar-refractivity contribution in [2.75, 3.05) is 11.9 Å². The van der Waals surface area contributed by atoms with Crippen LogP contribution < -0.4 is 11.1 Å².